The summed E-state index contributed by atoms with van der Waals surface area (Å²) in [7, 11) is 0. The molecule has 21 heavy (non-hydrogen) atoms. The zero-order chi connectivity index (χ0) is 14.7. The zero-order valence-corrected chi connectivity index (χ0v) is 13.6. The van der Waals surface area contributed by atoms with Crippen LogP contribution in [-0.4, -0.2) is 30.6 Å². The van der Waals surface area contributed by atoms with Gasteiger partial charge in [0, 0.05) is 38.1 Å². The quantitative estimate of drug-likeness (QED) is 0.886. The van der Waals surface area contributed by atoms with Gasteiger partial charge in [0.05, 0.1) is 0 Å². The Kier molecular flexibility index (Phi) is 4.97. The SMILES string of the molecule is CC(C)CN(CC1CNCc2ccccc21)C1CCCC1. The van der Waals surface area contributed by atoms with Gasteiger partial charge in [0.2, 0.25) is 0 Å². The fourth-order valence-corrected chi connectivity index (χ4v) is 4.14. The number of rotatable bonds is 5. The Bertz CT molecular complexity index is 449. The molecule has 2 heteroatoms. The summed E-state index contributed by atoms with van der Waals surface area (Å²) in [6.45, 7) is 9.37. The molecule has 0 spiro atoms. The van der Waals surface area contributed by atoms with Crippen molar-refractivity contribution in [3.63, 3.8) is 0 Å². The number of nitrogens with one attached hydrogen (secondary N) is 1. The van der Waals surface area contributed by atoms with Gasteiger partial charge in [-0.25, -0.2) is 0 Å². The first-order valence-corrected chi connectivity index (χ1v) is 8.76. The molecule has 1 aromatic carbocycles. The molecule has 1 heterocycles. The zero-order valence-electron chi connectivity index (χ0n) is 13.6. The van der Waals surface area contributed by atoms with E-state index in [0.29, 0.717) is 5.92 Å². The van der Waals surface area contributed by atoms with E-state index in [-0.39, 0.29) is 0 Å². The van der Waals surface area contributed by atoms with Gasteiger partial charge in [0.15, 0.2) is 0 Å². The van der Waals surface area contributed by atoms with Gasteiger partial charge in [-0.3, -0.25) is 4.90 Å². The smallest absolute Gasteiger partial charge is 0.0208 e. The highest BCUT2D eigenvalue weighted by atomic mass is 15.2. The number of nitrogens with zero attached hydrogens (tertiary/aromatic N) is 1. The minimum atomic E-state index is 0.661. The number of fused-ring (bicyclic) bond motifs is 1. The van der Waals surface area contributed by atoms with Crippen LogP contribution in [0.3, 0.4) is 0 Å². The van der Waals surface area contributed by atoms with E-state index in [4.69, 9.17) is 0 Å². The number of hydrogen-bond acceptors (Lipinski definition) is 2. The predicted molar refractivity (Wildman–Crippen MR) is 89.6 cm³/mol. The average Bonchev–Trinajstić information content (AvgIpc) is 3.01. The van der Waals surface area contributed by atoms with Crippen LogP contribution in [0, 0.1) is 5.92 Å². The summed E-state index contributed by atoms with van der Waals surface area (Å²) in [5.41, 5.74) is 3.09. The van der Waals surface area contributed by atoms with Gasteiger partial charge in [0.25, 0.3) is 0 Å². The summed E-state index contributed by atoms with van der Waals surface area (Å²) in [5, 5.41) is 3.61. The van der Waals surface area contributed by atoms with E-state index in [9.17, 15) is 0 Å². The molecule has 3 rings (SSSR count). The lowest BCUT2D eigenvalue weighted by molar-refractivity contribution is 0.163. The first-order chi connectivity index (χ1) is 10.2. The maximum Gasteiger partial charge on any atom is 0.0208 e. The lowest BCUT2D eigenvalue weighted by atomic mass is 9.90. The Balaban J connectivity index is 1.73. The van der Waals surface area contributed by atoms with Crippen molar-refractivity contribution >= 4 is 0 Å². The van der Waals surface area contributed by atoms with Crippen LogP contribution in [0.1, 0.15) is 56.6 Å². The molecule has 1 aliphatic heterocycles. The molecule has 1 atom stereocenters. The van der Waals surface area contributed by atoms with Crippen molar-refractivity contribution in [1.82, 2.24) is 10.2 Å². The molecule has 1 unspecified atom stereocenters. The Hall–Kier alpha value is -0.860. The van der Waals surface area contributed by atoms with Crippen LogP contribution in [0.5, 0.6) is 0 Å². The monoisotopic (exact) mass is 286 g/mol. The van der Waals surface area contributed by atoms with Crippen LogP contribution in [0.4, 0.5) is 0 Å². The van der Waals surface area contributed by atoms with E-state index >= 15 is 0 Å². The van der Waals surface area contributed by atoms with E-state index in [1.807, 2.05) is 0 Å². The van der Waals surface area contributed by atoms with Gasteiger partial charge in [0.1, 0.15) is 0 Å². The van der Waals surface area contributed by atoms with Gasteiger partial charge >= 0.3 is 0 Å². The third-order valence-electron chi connectivity index (χ3n) is 5.10. The standard InChI is InChI=1S/C19H30N2/c1-15(2)13-21(18-8-4-5-9-18)14-17-12-20-11-16-7-3-6-10-19(16)17/h3,6-7,10,15,17-18,20H,4-5,8-9,11-14H2,1-2H3. The second kappa shape index (κ2) is 6.93. The number of benzene rings is 1. The largest absolute Gasteiger partial charge is 0.312 e. The normalized spacial score (nSPS) is 23.0. The van der Waals surface area contributed by atoms with Gasteiger partial charge in [-0.2, -0.15) is 0 Å². The van der Waals surface area contributed by atoms with E-state index in [1.165, 1.54) is 44.3 Å². The summed E-state index contributed by atoms with van der Waals surface area (Å²) >= 11 is 0. The van der Waals surface area contributed by atoms with Crippen molar-refractivity contribution in [2.45, 2.75) is 58.0 Å². The summed E-state index contributed by atoms with van der Waals surface area (Å²) in [6.07, 6.45) is 5.68. The molecular formula is C19H30N2. The highest BCUT2D eigenvalue weighted by Gasteiger charge is 2.28. The van der Waals surface area contributed by atoms with Gasteiger partial charge in [-0.05, 0) is 29.9 Å². The van der Waals surface area contributed by atoms with Gasteiger partial charge in [-0.1, -0.05) is 51.0 Å². The molecule has 0 saturated heterocycles. The summed E-state index contributed by atoms with van der Waals surface area (Å²) in [4.78, 5) is 2.80. The summed E-state index contributed by atoms with van der Waals surface area (Å²) in [6, 6.07) is 9.85. The van der Waals surface area contributed by atoms with Crippen LogP contribution in [0.15, 0.2) is 24.3 Å². The third kappa shape index (κ3) is 3.67. The van der Waals surface area contributed by atoms with E-state index in [2.05, 4.69) is 48.3 Å². The molecule has 0 amide bonds. The van der Waals surface area contributed by atoms with Crippen LogP contribution in [0.2, 0.25) is 0 Å². The minimum absolute atomic E-state index is 0.661. The molecular weight excluding hydrogens is 256 g/mol. The van der Waals surface area contributed by atoms with E-state index in [1.54, 1.807) is 5.56 Å². The van der Waals surface area contributed by atoms with Crippen LogP contribution in [-0.2, 0) is 6.54 Å². The molecule has 116 valence electrons. The van der Waals surface area contributed by atoms with Crippen LogP contribution < -0.4 is 5.32 Å². The maximum atomic E-state index is 3.61. The summed E-state index contributed by atoms with van der Waals surface area (Å²) in [5.74, 6) is 1.42. The van der Waals surface area contributed by atoms with Crippen molar-refractivity contribution in [2.24, 2.45) is 5.92 Å². The highest BCUT2D eigenvalue weighted by molar-refractivity contribution is 5.33. The fraction of sp³-hybridized carbons (Fsp3) is 0.684. The number of hydrogen-bond donors (Lipinski definition) is 1. The minimum Gasteiger partial charge on any atom is -0.312 e. The third-order valence-corrected chi connectivity index (χ3v) is 5.10. The van der Waals surface area contributed by atoms with Crippen molar-refractivity contribution in [3.05, 3.63) is 35.4 Å². The molecule has 2 nitrogen and oxygen atoms in total. The molecule has 2 aliphatic rings. The Morgan fingerprint density at radius 1 is 1.19 bits per heavy atom. The maximum absolute atomic E-state index is 3.61. The Morgan fingerprint density at radius 2 is 1.95 bits per heavy atom. The lowest BCUT2D eigenvalue weighted by Gasteiger charge is -2.36. The van der Waals surface area contributed by atoms with Crippen molar-refractivity contribution < 1.29 is 0 Å². The Morgan fingerprint density at radius 3 is 2.71 bits per heavy atom. The first-order valence-electron chi connectivity index (χ1n) is 8.76. The van der Waals surface area contributed by atoms with Crippen molar-refractivity contribution in [3.8, 4) is 0 Å². The molecule has 1 N–H and O–H groups in total. The van der Waals surface area contributed by atoms with Crippen LogP contribution >= 0.6 is 0 Å². The molecule has 1 fully saturated rings. The van der Waals surface area contributed by atoms with E-state index < -0.39 is 0 Å². The highest BCUT2D eigenvalue weighted by Crippen LogP contribution is 2.29. The molecule has 0 aromatic heterocycles. The fourth-order valence-electron chi connectivity index (χ4n) is 4.14. The summed E-state index contributed by atoms with van der Waals surface area (Å²) < 4.78 is 0. The molecule has 1 aromatic rings. The molecule has 1 aliphatic carbocycles. The predicted octanol–water partition coefficient (Wildman–Crippen LogP) is 3.77. The lowest BCUT2D eigenvalue weighted by Crippen LogP contribution is -2.42. The molecule has 1 saturated carbocycles. The van der Waals surface area contributed by atoms with Gasteiger partial charge in [-0.15, -0.1) is 0 Å². The molecule has 0 bridgehead atoms. The van der Waals surface area contributed by atoms with Crippen LogP contribution in [0.25, 0.3) is 0 Å². The second-order valence-electron chi connectivity index (χ2n) is 7.31. The van der Waals surface area contributed by atoms with Gasteiger partial charge < -0.3 is 5.32 Å². The van der Waals surface area contributed by atoms with Crippen molar-refractivity contribution in [2.75, 3.05) is 19.6 Å². The Labute approximate surface area is 129 Å². The topological polar surface area (TPSA) is 15.3 Å². The first kappa shape index (κ1) is 15.1. The van der Waals surface area contributed by atoms with E-state index in [0.717, 1.165) is 25.0 Å². The van der Waals surface area contributed by atoms with Crippen molar-refractivity contribution in [1.29, 1.82) is 0 Å². The molecule has 0 radical (unpaired) electrons. The second-order valence-corrected chi connectivity index (χ2v) is 7.31. The average molecular weight is 286 g/mol.